The molecule has 0 saturated carbocycles. The van der Waals surface area contributed by atoms with Gasteiger partial charge in [-0.15, -0.1) is 11.3 Å². The van der Waals surface area contributed by atoms with Crippen LogP contribution in [0.5, 0.6) is 0 Å². The predicted octanol–water partition coefficient (Wildman–Crippen LogP) is 15.2. The number of fused-ring (bicyclic) bond motifs is 9. The van der Waals surface area contributed by atoms with Crippen LogP contribution in [-0.4, -0.2) is 9.13 Å². The van der Waals surface area contributed by atoms with Gasteiger partial charge in [-0.1, -0.05) is 145 Å². The summed E-state index contributed by atoms with van der Waals surface area (Å²) in [5.41, 5.74) is 1.24. The Bertz CT molecular complexity index is 4680. The molecule has 9 aromatic carbocycles. The van der Waals surface area contributed by atoms with Crippen molar-refractivity contribution in [3.63, 3.8) is 0 Å². The van der Waals surface area contributed by atoms with E-state index < -0.39 is 96.7 Å². The Morgan fingerprint density at radius 3 is 1.93 bits per heavy atom. The minimum atomic E-state index is -0.639. The van der Waals surface area contributed by atoms with Crippen LogP contribution in [0.25, 0.3) is 109 Å². The van der Waals surface area contributed by atoms with Crippen molar-refractivity contribution in [2.24, 2.45) is 0 Å². The second kappa shape index (κ2) is 12.7. The van der Waals surface area contributed by atoms with Crippen molar-refractivity contribution >= 4 is 75.1 Å². The summed E-state index contributed by atoms with van der Waals surface area (Å²) in [6, 6.07) is 13.3. The molecule has 3 aromatic heterocycles. The Morgan fingerprint density at radius 1 is 0.351 bits per heavy atom. The monoisotopic (exact) mass is 762 g/mol. The molecular weight excluding hydrogens is 709 g/mol. The third kappa shape index (κ3) is 4.96. The average molecular weight is 763 g/mol. The van der Waals surface area contributed by atoms with Crippen LogP contribution in [0, 0.1) is 0 Å². The molecule has 0 fully saturated rings. The first-order valence-corrected chi connectivity index (χ1v) is 18.7. The maximum atomic E-state index is 9.86. The van der Waals surface area contributed by atoms with Gasteiger partial charge in [-0.05, 0) is 93.9 Å². The lowest BCUT2D eigenvalue weighted by Gasteiger charge is -2.11. The van der Waals surface area contributed by atoms with E-state index in [1.807, 2.05) is 30.3 Å². The summed E-state index contributed by atoms with van der Waals surface area (Å²) in [7, 11) is 0. The molecule has 3 heterocycles. The third-order valence-electron chi connectivity index (χ3n) is 10.3. The van der Waals surface area contributed by atoms with Crippen molar-refractivity contribution < 1.29 is 27.4 Å². The summed E-state index contributed by atoms with van der Waals surface area (Å²) in [6.45, 7) is 0. The second-order valence-corrected chi connectivity index (χ2v) is 14.5. The summed E-state index contributed by atoms with van der Waals surface area (Å²) in [4.78, 5) is 0. The van der Waals surface area contributed by atoms with Gasteiger partial charge in [0.2, 0.25) is 0 Å². The molecule has 0 saturated heterocycles. The van der Waals surface area contributed by atoms with Gasteiger partial charge in [0.15, 0.2) is 0 Å². The molecule has 0 bridgehead atoms. The molecule has 0 radical (unpaired) electrons. The lowest BCUT2D eigenvalue weighted by atomic mass is 9.98. The van der Waals surface area contributed by atoms with Crippen molar-refractivity contribution in [1.82, 2.24) is 9.13 Å². The molecule has 3 heteroatoms. The number of hydrogen-bond acceptors (Lipinski definition) is 1. The Hall–Kier alpha value is -7.20. The number of rotatable bonds is 5. The summed E-state index contributed by atoms with van der Waals surface area (Å²) in [5.74, 6) is 0. The zero-order valence-corrected chi connectivity index (χ0v) is 30.2. The van der Waals surface area contributed by atoms with E-state index in [2.05, 4.69) is 0 Å². The highest BCUT2D eigenvalue weighted by molar-refractivity contribution is 7.26. The van der Waals surface area contributed by atoms with Gasteiger partial charge >= 0.3 is 0 Å². The lowest BCUT2D eigenvalue weighted by Crippen LogP contribution is -1.94. The van der Waals surface area contributed by atoms with Crippen LogP contribution in [0.2, 0.25) is 0 Å². The summed E-state index contributed by atoms with van der Waals surface area (Å²) >= 11 is 1.10. The second-order valence-electron chi connectivity index (χ2n) is 13.4. The Balaban J connectivity index is 1.18. The van der Waals surface area contributed by atoms with Crippen LogP contribution in [0.15, 0.2) is 206 Å². The lowest BCUT2D eigenvalue weighted by molar-refractivity contribution is 1.18. The molecule has 0 atom stereocenters. The van der Waals surface area contributed by atoms with Crippen molar-refractivity contribution in [3.8, 4) is 44.8 Å². The Morgan fingerprint density at radius 2 is 1.05 bits per heavy atom. The smallest absolute Gasteiger partial charge is 0.0645 e. The van der Waals surface area contributed by atoms with E-state index in [1.54, 1.807) is 30.3 Å². The maximum Gasteiger partial charge on any atom is 0.0645 e. The number of aromatic nitrogens is 2. The minimum Gasteiger partial charge on any atom is -0.309 e. The Labute approximate surface area is 361 Å². The van der Waals surface area contributed by atoms with Gasteiger partial charge in [0.1, 0.15) is 0 Å². The van der Waals surface area contributed by atoms with Gasteiger partial charge in [0, 0.05) is 53.1 Å². The van der Waals surface area contributed by atoms with Gasteiger partial charge in [-0.25, -0.2) is 0 Å². The van der Waals surface area contributed by atoms with E-state index in [9.17, 15) is 13.7 Å². The number of thiophene rings is 1. The molecule has 2 nitrogen and oxygen atoms in total. The highest BCUT2D eigenvalue weighted by Crippen LogP contribution is 2.44. The first-order chi connectivity index (χ1) is 36.6. The van der Waals surface area contributed by atoms with Crippen LogP contribution in [0.1, 0.15) is 27.4 Å². The first-order valence-electron chi connectivity index (χ1n) is 27.9. The van der Waals surface area contributed by atoms with Gasteiger partial charge in [-0.3, -0.25) is 0 Å². The average Bonchev–Trinajstić information content (AvgIpc) is 4.15. The molecule has 0 N–H and O–H groups in total. The SMILES string of the molecule is [2H]c1cc(-c2c([2H])c([2H])cc3sc4cc(-n5c6c([2H])c([2H])c(-c7c([2H])c([2H])c([2H])c8c7c7c([2H])c([2H])c([2H])c([2H])c7n8-c7ccc(-c8ccccc8)cc7)cc6c6c([2H])c([2H])c([2H])c([2H])c65)cc([2H])c4c23)c([2H])c([2H])c1[2H]. The summed E-state index contributed by atoms with van der Waals surface area (Å²) < 4.78 is 185. The van der Waals surface area contributed by atoms with E-state index >= 15 is 0 Å². The molecule has 12 aromatic rings. The van der Waals surface area contributed by atoms with Crippen molar-refractivity contribution in [1.29, 1.82) is 0 Å². The number of para-hydroxylation sites is 2. The molecule has 0 aliphatic heterocycles. The molecule has 266 valence electrons. The van der Waals surface area contributed by atoms with Gasteiger partial charge in [0.05, 0.1) is 49.5 Å². The van der Waals surface area contributed by atoms with E-state index in [1.165, 1.54) is 33.4 Å². The van der Waals surface area contributed by atoms with Crippen molar-refractivity contribution in [3.05, 3.63) is 206 Å². The normalized spacial score (nSPS) is 16.8. The minimum absolute atomic E-state index is 0.00890. The molecule has 0 aliphatic carbocycles. The van der Waals surface area contributed by atoms with Crippen LogP contribution in [0.4, 0.5) is 0 Å². The summed E-state index contributed by atoms with van der Waals surface area (Å²) in [6.07, 6.45) is 0. The summed E-state index contributed by atoms with van der Waals surface area (Å²) in [5, 5.41) is 0.180. The van der Waals surface area contributed by atoms with Gasteiger partial charge in [-0.2, -0.15) is 0 Å². The molecular formula is C54H34N2S. The molecule has 0 aliphatic rings. The number of hydrogen-bond donors (Lipinski definition) is 0. The zero-order chi connectivity index (χ0) is 54.9. The third-order valence-corrected chi connectivity index (χ3v) is 11.4. The van der Waals surface area contributed by atoms with E-state index in [4.69, 9.17) is 13.7 Å². The molecule has 0 spiro atoms. The van der Waals surface area contributed by atoms with Gasteiger partial charge < -0.3 is 9.13 Å². The van der Waals surface area contributed by atoms with Crippen LogP contribution in [0.3, 0.4) is 0 Å². The highest BCUT2D eigenvalue weighted by atomic mass is 32.1. The molecule has 0 unspecified atom stereocenters. The molecule has 57 heavy (non-hydrogen) atoms. The largest absolute Gasteiger partial charge is 0.309 e. The quantitative estimate of drug-likeness (QED) is 0.165. The molecule has 0 amide bonds. The van der Waals surface area contributed by atoms with Crippen molar-refractivity contribution in [2.45, 2.75) is 0 Å². The van der Waals surface area contributed by atoms with E-state index in [0.717, 1.165) is 22.5 Å². The van der Waals surface area contributed by atoms with E-state index in [-0.39, 0.29) is 106 Å². The zero-order valence-electron chi connectivity index (χ0n) is 49.4. The fraction of sp³-hybridized carbons (Fsp3) is 0. The Kier molecular flexibility index (Phi) is 4.04. The first kappa shape index (κ1) is 18.2. The van der Waals surface area contributed by atoms with E-state index in [0.29, 0.717) is 15.1 Å². The highest BCUT2D eigenvalue weighted by Gasteiger charge is 2.19. The maximum absolute atomic E-state index is 9.86. The van der Waals surface area contributed by atoms with Crippen molar-refractivity contribution in [2.75, 3.05) is 0 Å². The number of nitrogens with zero attached hydrogens (tertiary/aromatic N) is 2. The fourth-order valence-electron chi connectivity index (χ4n) is 7.82. The topological polar surface area (TPSA) is 9.86 Å². The van der Waals surface area contributed by atoms with Crippen LogP contribution < -0.4 is 0 Å². The fourth-order valence-corrected chi connectivity index (χ4v) is 8.92. The number of benzene rings is 9. The predicted molar refractivity (Wildman–Crippen MR) is 244 cm³/mol. The standard InChI is InChI=1S/C54H34N2S/c1-3-13-35(14-4-1)36-25-28-39(29-26-36)55-48-22-10-8-18-44(48)53-42(19-11-23-50(53)55)38-27-32-49-46(33-38)43-17-7-9-21-47(43)56(49)40-30-31-45-52(34-40)57-51-24-12-20-41(54(45)51)37-15-5-2-6-16-37/h1-34H/i2D,5D,6D,7D,8D,9D,10D,11D,12D,15D,17D,18D,19D,20D,21D,22D,23D,27D,31D,32D. The van der Waals surface area contributed by atoms with Gasteiger partial charge in [0.25, 0.3) is 0 Å². The van der Waals surface area contributed by atoms with Crippen LogP contribution >= 0.6 is 11.3 Å². The van der Waals surface area contributed by atoms with Crippen LogP contribution in [-0.2, 0) is 0 Å². The molecule has 12 rings (SSSR count).